The van der Waals surface area contributed by atoms with Crippen molar-refractivity contribution in [1.29, 1.82) is 0 Å². The normalized spacial score (nSPS) is 14.7. The number of methoxy groups -OCH3 is 1. The summed E-state index contributed by atoms with van der Waals surface area (Å²) in [6, 6.07) is 7.80. The molecular formula is C12H12O3. The summed E-state index contributed by atoms with van der Waals surface area (Å²) < 4.78 is 9.88. The third-order valence-corrected chi connectivity index (χ3v) is 2.29. The van der Waals surface area contributed by atoms with E-state index in [2.05, 4.69) is 0 Å². The predicted molar refractivity (Wildman–Crippen MR) is 55.5 cm³/mol. The minimum Gasteiger partial charge on any atom is -0.497 e. The van der Waals surface area contributed by atoms with Crippen LogP contribution in [0.5, 0.6) is 5.75 Å². The van der Waals surface area contributed by atoms with Gasteiger partial charge in [-0.3, -0.25) is 4.79 Å². The van der Waals surface area contributed by atoms with Gasteiger partial charge in [0.25, 0.3) is 0 Å². The maximum absolute atomic E-state index is 10.9. The Kier molecular flexibility index (Phi) is 2.72. The lowest BCUT2D eigenvalue weighted by Crippen LogP contribution is -1.94. The summed E-state index contributed by atoms with van der Waals surface area (Å²) in [6.07, 6.45) is 2.68. The molecule has 3 nitrogen and oxygen atoms in total. The molecule has 0 bridgehead atoms. The Morgan fingerprint density at radius 1 is 1.47 bits per heavy atom. The van der Waals surface area contributed by atoms with Crippen LogP contribution in [-0.4, -0.2) is 13.1 Å². The summed E-state index contributed by atoms with van der Waals surface area (Å²) in [5.41, 5.74) is 2.13. The second kappa shape index (κ2) is 4.17. The van der Waals surface area contributed by atoms with Crippen molar-refractivity contribution in [3.05, 3.63) is 41.7 Å². The largest absolute Gasteiger partial charge is 0.497 e. The number of hydrogen-bond acceptors (Lipinski definition) is 3. The van der Waals surface area contributed by atoms with Crippen molar-refractivity contribution in [3.63, 3.8) is 0 Å². The van der Waals surface area contributed by atoms with Gasteiger partial charge in [0.15, 0.2) is 0 Å². The number of hydrogen-bond donors (Lipinski definition) is 0. The quantitative estimate of drug-likeness (QED) is 0.707. The highest BCUT2D eigenvalue weighted by atomic mass is 16.5. The van der Waals surface area contributed by atoms with Gasteiger partial charge in [0.1, 0.15) is 5.75 Å². The Bertz CT molecular complexity index is 407. The van der Waals surface area contributed by atoms with Crippen LogP contribution in [-0.2, 0) is 16.0 Å². The molecule has 0 aromatic heterocycles. The SMILES string of the molecule is COc1cccc(CC2=COC(=O)C2)c1. The van der Waals surface area contributed by atoms with Crippen LogP contribution < -0.4 is 4.74 Å². The fourth-order valence-corrected chi connectivity index (χ4v) is 1.57. The van der Waals surface area contributed by atoms with Gasteiger partial charge in [-0.2, -0.15) is 0 Å². The minimum absolute atomic E-state index is 0.173. The molecule has 78 valence electrons. The van der Waals surface area contributed by atoms with Gasteiger partial charge in [0.05, 0.1) is 19.8 Å². The number of ether oxygens (including phenoxy) is 2. The van der Waals surface area contributed by atoms with Crippen LogP contribution in [0.25, 0.3) is 0 Å². The lowest BCUT2D eigenvalue weighted by atomic mass is 10.0. The molecule has 1 aromatic rings. The first-order chi connectivity index (χ1) is 7.28. The monoisotopic (exact) mass is 204 g/mol. The lowest BCUT2D eigenvalue weighted by Gasteiger charge is -2.03. The summed E-state index contributed by atoms with van der Waals surface area (Å²) >= 11 is 0. The van der Waals surface area contributed by atoms with Crippen molar-refractivity contribution in [2.75, 3.05) is 7.11 Å². The molecule has 0 atom stereocenters. The zero-order valence-electron chi connectivity index (χ0n) is 8.53. The summed E-state index contributed by atoms with van der Waals surface area (Å²) in [7, 11) is 1.64. The first-order valence-electron chi connectivity index (χ1n) is 4.78. The Morgan fingerprint density at radius 3 is 3.00 bits per heavy atom. The van der Waals surface area contributed by atoms with Crippen LogP contribution >= 0.6 is 0 Å². The van der Waals surface area contributed by atoms with Gasteiger partial charge < -0.3 is 9.47 Å². The van der Waals surface area contributed by atoms with Gasteiger partial charge in [0.2, 0.25) is 0 Å². The Morgan fingerprint density at radius 2 is 2.33 bits per heavy atom. The number of benzene rings is 1. The maximum atomic E-state index is 10.9. The standard InChI is InChI=1S/C12H12O3/c1-14-11-4-2-3-9(6-11)5-10-7-12(13)15-8-10/h2-4,6,8H,5,7H2,1H3. The fourth-order valence-electron chi connectivity index (χ4n) is 1.57. The van der Waals surface area contributed by atoms with E-state index >= 15 is 0 Å². The van der Waals surface area contributed by atoms with E-state index in [4.69, 9.17) is 9.47 Å². The van der Waals surface area contributed by atoms with Gasteiger partial charge >= 0.3 is 5.97 Å². The average Bonchev–Trinajstić information content (AvgIpc) is 2.64. The van der Waals surface area contributed by atoms with E-state index in [1.54, 1.807) is 13.4 Å². The van der Waals surface area contributed by atoms with Crippen LogP contribution in [0.1, 0.15) is 12.0 Å². The molecule has 15 heavy (non-hydrogen) atoms. The van der Waals surface area contributed by atoms with Crippen molar-refractivity contribution in [1.82, 2.24) is 0 Å². The third kappa shape index (κ3) is 2.37. The van der Waals surface area contributed by atoms with Gasteiger partial charge in [-0.1, -0.05) is 12.1 Å². The molecule has 0 aliphatic carbocycles. The second-order valence-electron chi connectivity index (χ2n) is 3.47. The molecule has 1 aliphatic rings. The van der Waals surface area contributed by atoms with E-state index < -0.39 is 0 Å². The number of esters is 1. The minimum atomic E-state index is -0.173. The molecule has 0 amide bonds. The number of cyclic esters (lactones) is 1. The predicted octanol–water partition coefficient (Wildman–Crippen LogP) is 2.07. The van der Waals surface area contributed by atoms with E-state index in [0.717, 1.165) is 23.3 Å². The zero-order valence-corrected chi connectivity index (χ0v) is 8.53. The van der Waals surface area contributed by atoms with Crippen molar-refractivity contribution < 1.29 is 14.3 Å². The number of carbonyl (C=O) groups excluding carboxylic acids is 1. The molecule has 3 heteroatoms. The molecule has 0 N–H and O–H groups in total. The lowest BCUT2D eigenvalue weighted by molar-refractivity contribution is -0.135. The van der Waals surface area contributed by atoms with Gasteiger partial charge in [-0.25, -0.2) is 0 Å². The van der Waals surface area contributed by atoms with Crippen LogP contribution in [0, 0.1) is 0 Å². The van der Waals surface area contributed by atoms with Gasteiger partial charge in [-0.15, -0.1) is 0 Å². The Balaban J connectivity index is 2.07. The molecular weight excluding hydrogens is 192 g/mol. The van der Waals surface area contributed by atoms with E-state index in [-0.39, 0.29) is 5.97 Å². The highest BCUT2D eigenvalue weighted by molar-refractivity contribution is 5.75. The Labute approximate surface area is 88.3 Å². The first-order valence-corrected chi connectivity index (χ1v) is 4.78. The van der Waals surface area contributed by atoms with Crippen LogP contribution in [0.3, 0.4) is 0 Å². The van der Waals surface area contributed by atoms with Gasteiger partial charge in [0, 0.05) is 0 Å². The molecule has 0 fully saturated rings. The number of carbonyl (C=O) groups is 1. The molecule has 1 heterocycles. The Hall–Kier alpha value is -1.77. The van der Waals surface area contributed by atoms with Crippen molar-refractivity contribution >= 4 is 5.97 Å². The summed E-state index contributed by atoms with van der Waals surface area (Å²) in [4.78, 5) is 10.9. The highest BCUT2D eigenvalue weighted by Gasteiger charge is 2.14. The van der Waals surface area contributed by atoms with E-state index in [0.29, 0.717) is 6.42 Å². The molecule has 0 radical (unpaired) electrons. The number of rotatable bonds is 3. The zero-order chi connectivity index (χ0) is 10.7. The smallest absolute Gasteiger partial charge is 0.314 e. The summed E-state index contributed by atoms with van der Waals surface area (Å²) in [5, 5.41) is 0. The van der Waals surface area contributed by atoms with Crippen LogP contribution in [0.2, 0.25) is 0 Å². The molecule has 0 saturated carbocycles. The van der Waals surface area contributed by atoms with E-state index in [1.807, 2.05) is 24.3 Å². The highest BCUT2D eigenvalue weighted by Crippen LogP contribution is 2.20. The van der Waals surface area contributed by atoms with Gasteiger partial charge in [-0.05, 0) is 29.7 Å². The average molecular weight is 204 g/mol. The third-order valence-electron chi connectivity index (χ3n) is 2.29. The van der Waals surface area contributed by atoms with Crippen molar-refractivity contribution in [3.8, 4) is 5.75 Å². The van der Waals surface area contributed by atoms with E-state index in [1.165, 1.54) is 0 Å². The molecule has 2 rings (SSSR count). The van der Waals surface area contributed by atoms with Crippen LogP contribution in [0.15, 0.2) is 36.1 Å². The molecule has 0 unspecified atom stereocenters. The van der Waals surface area contributed by atoms with Crippen LogP contribution in [0.4, 0.5) is 0 Å². The van der Waals surface area contributed by atoms with Crippen molar-refractivity contribution in [2.45, 2.75) is 12.8 Å². The summed E-state index contributed by atoms with van der Waals surface area (Å²) in [6.45, 7) is 0. The summed E-state index contributed by atoms with van der Waals surface area (Å²) in [5.74, 6) is 0.659. The molecule has 0 saturated heterocycles. The second-order valence-corrected chi connectivity index (χ2v) is 3.47. The molecule has 1 aromatic carbocycles. The molecule has 0 spiro atoms. The van der Waals surface area contributed by atoms with Crippen molar-refractivity contribution in [2.24, 2.45) is 0 Å². The maximum Gasteiger partial charge on any atom is 0.314 e. The first kappa shape index (κ1) is 9.77. The topological polar surface area (TPSA) is 35.5 Å². The fraction of sp³-hybridized carbons (Fsp3) is 0.250. The molecule has 1 aliphatic heterocycles. The van der Waals surface area contributed by atoms with E-state index in [9.17, 15) is 4.79 Å².